The van der Waals surface area contributed by atoms with Crippen LogP contribution in [0.3, 0.4) is 0 Å². The summed E-state index contributed by atoms with van der Waals surface area (Å²) in [5.41, 5.74) is 0.807. The number of ether oxygens (including phenoxy) is 1. The van der Waals surface area contributed by atoms with E-state index in [0.29, 0.717) is 6.54 Å². The maximum Gasteiger partial charge on any atom is 0.328 e. The van der Waals surface area contributed by atoms with Crippen molar-refractivity contribution in [3.8, 4) is 0 Å². The molecule has 0 aliphatic heterocycles. The molecule has 0 saturated carbocycles. The first kappa shape index (κ1) is 13.4. The Morgan fingerprint density at radius 3 is 2.42 bits per heavy atom. The van der Waals surface area contributed by atoms with E-state index in [1.807, 2.05) is 24.3 Å². The van der Waals surface area contributed by atoms with Gasteiger partial charge >= 0.3 is 11.7 Å². The Morgan fingerprint density at radius 2 is 1.84 bits per heavy atom. The van der Waals surface area contributed by atoms with Crippen LogP contribution in [-0.4, -0.2) is 22.2 Å². The zero-order chi connectivity index (χ0) is 14.2. The summed E-state index contributed by atoms with van der Waals surface area (Å²) in [5.74, 6) is -0.327. The van der Waals surface area contributed by atoms with Gasteiger partial charge in [0.2, 0.25) is 0 Å². The highest BCUT2D eigenvalue weighted by Crippen LogP contribution is 2.22. The fourth-order valence-corrected chi connectivity index (χ4v) is 2.25. The Labute approximate surface area is 111 Å². The average molecular weight is 262 g/mol. The van der Waals surface area contributed by atoms with Crippen LogP contribution in [0.2, 0.25) is 0 Å². The van der Waals surface area contributed by atoms with Crippen LogP contribution in [0, 0.1) is 5.41 Å². The second-order valence-electron chi connectivity index (χ2n) is 5.29. The first-order valence-electron chi connectivity index (χ1n) is 6.11. The molecule has 1 aromatic carbocycles. The first-order chi connectivity index (χ1) is 8.88. The number of hydrogen-bond donors (Lipinski definition) is 0. The van der Waals surface area contributed by atoms with E-state index in [2.05, 4.69) is 0 Å². The van der Waals surface area contributed by atoms with Gasteiger partial charge in [-0.25, -0.2) is 4.79 Å². The maximum absolute atomic E-state index is 12.3. The van der Waals surface area contributed by atoms with Crippen molar-refractivity contribution in [3.63, 3.8) is 0 Å². The summed E-state index contributed by atoms with van der Waals surface area (Å²) in [6.45, 7) is 3.83. The minimum absolute atomic E-state index is 0.127. The summed E-state index contributed by atoms with van der Waals surface area (Å²) in [6.07, 6.45) is 0. The van der Waals surface area contributed by atoms with Gasteiger partial charge in [0.25, 0.3) is 0 Å². The Bertz CT molecular complexity index is 680. The third-order valence-electron chi connectivity index (χ3n) is 3.34. The van der Waals surface area contributed by atoms with Crippen LogP contribution in [0.1, 0.15) is 13.8 Å². The van der Waals surface area contributed by atoms with Crippen LogP contribution in [0.5, 0.6) is 0 Å². The summed E-state index contributed by atoms with van der Waals surface area (Å²) in [4.78, 5) is 24.0. The van der Waals surface area contributed by atoms with Crippen molar-refractivity contribution in [2.24, 2.45) is 12.5 Å². The van der Waals surface area contributed by atoms with Crippen LogP contribution in [-0.2, 0) is 23.1 Å². The summed E-state index contributed by atoms with van der Waals surface area (Å²) in [5, 5.41) is 0. The zero-order valence-electron chi connectivity index (χ0n) is 11.6. The van der Waals surface area contributed by atoms with E-state index in [4.69, 9.17) is 4.74 Å². The van der Waals surface area contributed by atoms with Crippen LogP contribution in [0.25, 0.3) is 11.0 Å². The molecule has 0 aliphatic rings. The van der Waals surface area contributed by atoms with Gasteiger partial charge in [-0.2, -0.15) is 0 Å². The lowest BCUT2D eigenvalue weighted by Crippen LogP contribution is -2.35. The van der Waals surface area contributed by atoms with Crippen LogP contribution >= 0.6 is 0 Å². The van der Waals surface area contributed by atoms with E-state index in [1.165, 1.54) is 7.11 Å². The predicted octanol–water partition coefficient (Wildman–Crippen LogP) is 1.54. The smallest absolute Gasteiger partial charge is 0.328 e. The zero-order valence-corrected chi connectivity index (χ0v) is 11.6. The topological polar surface area (TPSA) is 53.2 Å². The quantitative estimate of drug-likeness (QED) is 0.788. The minimum atomic E-state index is -0.747. The van der Waals surface area contributed by atoms with Crippen molar-refractivity contribution in [2.75, 3.05) is 7.11 Å². The molecule has 1 heterocycles. The third-order valence-corrected chi connectivity index (χ3v) is 3.34. The highest BCUT2D eigenvalue weighted by molar-refractivity contribution is 5.78. The molecule has 0 atom stereocenters. The molecule has 2 rings (SSSR count). The molecular weight excluding hydrogens is 244 g/mol. The molecule has 0 N–H and O–H groups in total. The van der Waals surface area contributed by atoms with Gasteiger partial charge in [-0.05, 0) is 26.0 Å². The number of benzene rings is 1. The second-order valence-corrected chi connectivity index (χ2v) is 5.29. The van der Waals surface area contributed by atoms with Crippen molar-refractivity contribution in [1.29, 1.82) is 0 Å². The van der Waals surface area contributed by atoms with Gasteiger partial charge in [-0.3, -0.25) is 13.9 Å². The number of carbonyl (C=O) groups is 1. The lowest BCUT2D eigenvalue weighted by molar-refractivity contribution is -0.151. The number of esters is 1. The van der Waals surface area contributed by atoms with Crippen molar-refractivity contribution in [2.45, 2.75) is 20.4 Å². The predicted molar refractivity (Wildman–Crippen MR) is 73.0 cm³/mol. The Hall–Kier alpha value is -2.04. The van der Waals surface area contributed by atoms with E-state index >= 15 is 0 Å². The molecule has 0 radical (unpaired) electrons. The SMILES string of the molecule is COC(=O)C(C)(C)Cn1c(=O)n(C)c2ccccc21. The molecule has 0 amide bonds. The fourth-order valence-electron chi connectivity index (χ4n) is 2.25. The largest absolute Gasteiger partial charge is 0.469 e. The van der Waals surface area contributed by atoms with Gasteiger partial charge in [0.1, 0.15) is 0 Å². The number of aryl methyl sites for hydroxylation is 1. The highest BCUT2D eigenvalue weighted by atomic mass is 16.5. The maximum atomic E-state index is 12.3. The molecule has 0 saturated heterocycles. The van der Waals surface area contributed by atoms with Crippen molar-refractivity contribution < 1.29 is 9.53 Å². The first-order valence-corrected chi connectivity index (χ1v) is 6.11. The van der Waals surface area contributed by atoms with Gasteiger partial charge in [-0.15, -0.1) is 0 Å². The average Bonchev–Trinajstić information content (AvgIpc) is 2.63. The van der Waals surface area contributed by atoms with Crippen LogP contribution in [0.4, 0.5) is 0 Å². The molecule has 102 valence electrons. The Kier molecular flexibility index (Phi) is 3.22. The van der Waals surface area contributed by atoms with Crippen LogP contribution < -0.4 is 5.69 Å². The molecule has 0 spiro atoms. The molecular formula is C14H18N2O3. The molecule has 5 heteroatoms. The van der Waals surface area contributed by atoms with Gasteiger partial charge in [0.05, 0.1) is 23.6 Å². The fraction of sp³-hybridized carbons (Fsp3) is 0.429. The summed E-state index contributed by atoms with van der Waals surface area (Å²) in [7, 11) is 3.09. The highest BCUT2D eigenvalue weighted by Gasteiger charge is 2.30. The number of imidazole rings is 1. The number of carbonyl (C=O) groups excluding carboxylic acids is 1. The molecule has 0 bridgehead atoms. The van der Waals surface area contributed by atoms with Gasteiger partial charge in [0.15, 0.2) is 0 Å². The van der Waals surface area contributed by atoms with Gasteiger partial charge in [-0.1, -0.05) is 12.1 Å². The summed E-state index contributed by atoms with van der Waals surface area (Å²) in [6, 6.07) is 7.53. The van der Waals surface area contributed by atoms with Gasteiger partial charge in [0, 0.05) is 13.6 Å². The van der Waals surface area contributed by atoms with E-state index < -0.39 is 5.41 Å². The molecule has 5 nitrogen and oxygen atoms in total. The Morgan fingerprint density at radius 1 is 1.26 bits per heavy atom. The summed E-state index contributed by atoms with van der Waals surface area (Å²) < 4.78 is 7.99. The normalized spacial score (nSPS) is 11.8. The van der Waals surface area contributed by atoms with Crippen LogP contribution in [0.15, 0.2) is 29.1 Å². The Balaban J connectivity index is 2.55. The number of fused-ring (bicyclic) bond motifs is 1. The van der Waals surface area contributed by atoms with Crippen molar-refractivity contribution in [3.05, 3.63) is 34.7 Å². The molecule has 0 fully saturated rings. The number of nitrogens with zero attached hydrogens (tertiary/aromatic N) is 2. The monoisotopic (exact) mass is 262 g/mol. The molecule has 0 aliphatic carbocycles. The van der Waals surface area contributed by atoms with Gasteiger partial charge < -0.3 is 4.74 Å². The van der Waals surface area contributed by atoms with E-state index in [1.54, 1.807) is 30.0 Å². The lowest BCUT2D eigenvalue weighted by Gasteiger charge is -2.21. The minimum Gasteiger partial charge on any atom is -0.469 e. The third kappa shape index (κ3) is 2.16. The number of rotatable bonds is 3. The lowest BCUT2D eigenvalue weighted by atomic mass is 9.93. The number of methoxy groups -OCH3 is 1. The number of aromatic nitrogens is 2. The van der Waals surface area contributed by atoms with Crippen molar-refractivity contribution in [1.82, 2.24) is 9.13 Å². The summed E-state index contributed by atoms with van der Waals surface area (Å²) >= 11 is 0. The number of hydrogen-bond acceptors (Lipinski definition) is 3. The second kappa shape index (κ2) is 4.57. The molecule has 0 unspecified atom stereocenters. The van der Waals surface area contributed by atoms with E-state index in [9.17, 15) is 9.59 Å². The molecule has 19 heavy (non-hydrogen) atoms. The molecule has 1 aromatic heterocycles. The van der Waals surface area contributed by atoms with Crippen molar-refractivity contribution >= 4 is 17.0 Å². The van der Waals surface area contributed by atoms with E-state index in [-0.39, 0.29) is 11.7 Å². The number of para-hydroxylation sites is 2. The standard InChI is InChI=1S/C14H18N2O3/c1-14(2,12(17)19-4)9-16-11-8-6-5-7-10(11)15(3)13(16)18/h5-8H,9H2,1-4H3. The van der Waals surface area contributed by atoms with E-state index in [0.717, 1.165) is 11.0 Å². The molecule has 2 aromatic rings.